The highest BCUT2D eigenvalue weighted by atomic mass is 35.5. The van der Waals surface area contributed by atoms with Crippen LogP contribution in [0.3, 0.4) is 0 Å². The fourth-order valence-corrected chi connectivity index (χ4v) is 4.72. The number of carbonyl (C=O) groups is 1. The Balaban J connectivity index is 2.39. The van der Waals surface area contributed by atoms with Crippen LogP contribution in [-0.2, 0) is 10.0 Å². The van der Waals surface area contributed by atoms with E-state index in [1.54, 1.807) is 4.90 Å². The highest BCUT2D eigenvalue weighted by Gasteiger charge is 2.29. The van der Waals surface area contributed by atoms with Crippen molar-refractivity contribution in [1.82, 2.24) is 9.21 Å². The van der Waals surface area contributed by atoms with Crippen LogP contribution in [0.25, 0.3) is 0 Å². The van der Waals surface area contributed by atoms with Gasteiger partial charge in [-0.2, -0.15) is 4.31 Å². The molecule has 2 rings (SSSR count). The van der Waals surface area contributed by atoms with Gasteiger partial charge in [-0.1, -0.05) is 25.4 Å². The number of sulfonamides is 1. The zero-order valence-corrected chi connectivity index (χ0v) is 16.9. The van der Waals surface area contributed by atoms with E-state index in [9.17, 15) is 13.2 Å². The van der Waals surface area contributed by atoms with E-state index in [0.29, 0.717) is 25.6 Å². The molecule has 1 fully saturated rings. The lowest BCUT2D eigenvalue weighted by Gasteiger charge is -2.29. The van der Waals surface area contributed by atoms with Crippen LogP contribution in [-0.4, -0.2) is 49.2 Å². The summed E-state index contributed by atoms with van der Waals surface area (Å²) >= 11 is 6.23. The number of halogens is 1. The molecule has 0 spiro atoms. The van der Waals surface area contributed by atoms with Gasteiger partial charge in [-0.25, -0.2) is 8.42 Å². The van der Waals surface area contributed by atoms with E-state index in [0.717, 1.165) is 12.8 Å². The minimum Gasteiger partial charge on any atom is -0.336 e. The third-order valence-corrected chi connectivity index (χ3v) is 6.54. The van der Waals surface area contributed by atoms with Gasteiger partial charge in [0.15, 0.2) is 0 Å². The van der Waals surface area contributed by atoms with Crippen molar-refractivity contribution in [3.63, 3.8) is 0 Å². The van der Waals surface area contributed by atoms with E-state index in [2.05, 4.69) is 0 Å². The Kier molecular flexibility index (Phi) is 6.51. The van der Waals surface area contributed by atoms with Gasteiger partial charge in [0.1, 0.15) is 0 Å². The normalized spacial score (nSPS) is 16.0. The first-order valence-corrected chi connectivity index (χ1v) is 10.6. The highest BCUT2D eigenvalue weighted by molar-refractivity contribution is 7.89. The van der Waals surface area contributed by atoms with Crippen LogP contribution in [0.5, 0.6) is 0 Å². The highest BCUT2D eigenvalue weighted by Crippen LogP contribution is 2.26. The quantitative estimate of drug-likeness (QED) is 0.750. The minimum atomic E-state index is -3.58. The predicted octanol–water partition coefficient (Wildman–Crippen LogP) is 3.63. The van der Waals surface area contributed by atoms with E-state index in [-0.39, 0.29) is 27.4 Å². The van der Waals surface area contributed by atoms with Crippen molar-refractivity contribution in [3.05, 3.63) is 28.8 Å². The summed E-state index contributed by atoms with van der Waals surface area (Å²) in [5, 5.41) is 0.278. The lowest BCUT2D eigenvalue weighted by molar-refractivity contribution is 0.0682. The molecule has 0 aromatic heterocycles. The average molecular weight is 387 g/mol. The molecule has 0 saturated carbocycles. The van der Waals surface area contributed by atoms with Gasteiger partial charge in [0.25, 0.3) is 5.91 Å². The second-order valence-corrected chi connectivity index (χ2v) is 9.54. The molecule has 1 heterocycles. The molecule has 140 valence electrons. The lowest BCUT2D eigenvalue weighted by Crippen LogP contribution is -2.39. The number of carbonyl (C=O) groups excluding carboxylic acids is 1. The molecule has 7 heteroatoms. The Morgan fingerprint density at radius 1 is 1.20 bits per heavy atom. The average Bonchev–Trinajstić information content (AvgIpc) is 3.07. The zero-order chi connectivity index (χ0) is 18.8. The summed E-state index contributed by atoms with van der Waals surface area (Å²) in [6, 6.07) is 4.42. The van der Waals surface area contributed by atoms with E-state index < -0.39 is 10.0 Å². The van der Waals surface area contributed by atoms with Gasteiger partial charge in [0, 0.05) is 25.7 Å². The first-order valence-electron chi connectivity index (χ1n) is 8.75. The Morgan fingerprint density at radius 3 is 2.32 bits per heavy atom. The van der Waals surface area contributed by atoms with Crippen molar-refractivity contribution in [3.8, 4) is 0 Å². The number of benzene rings is 1. The van der Waals surface area contributed by atoms with Gasteiger partial charge >= 0.3 is 0 Å². The van der Waals surface area contributed by atoms with Gasteiger partial charge in [-0.3, -0.25) is 4.79 Å². The third-order valence-electron chi connectivity index (χ3n) is 4.32. The van der Waals surface area contributed by atoms with Crippen molar-refractivity contribution < 1.29 is 13.2 Å². The Hall–Kier alpha value is -1.11. The van der Waals surface area contributed by atoms with Gasteiger partial charge in [0.05, 0.1) is 15.5 Å². The summed E-state index contributed by atoms with van der Waals surface area (Å²) in [5.41, 5.74) is 0.247. The smallest absolute Gasteiger partial charge is 0.255 e. The van der Waals surface area contributed by atoms with Crippen LogP contribution in [0.1, 0.15) is 50.9 Å². The fourth-order valence-electron chi connectivity index (χ4n) is 2.98. The molecule has 1 aromatic rings. The molecule has 1 saturated heterocycles. The molecule has 0 radical (unpaired) electrons. The molecule has 25 heavy (non-hydrogen) atoms. The molecular formula is C18H27ClN2O3S. The molecular weight excluding hydrogens is 360 g/mol. The standard InChI is InChI=1S/C18H27ClN2O3S/c1-13(2)12-21(14(3)4)18(22)16-11-15(7-8-17(16)19)25(23,24)20-9-5-6-10-20/h7-8,11,13-14H,5-6,9-10,12H2,1-4H3. The van der Waals surface area contributed by atoms with Gasteiger partial charge in [-0.15, -0.1) is 0 Å². The zero-order valence-electron chi connectivity index (χ0n) is 15.3. The Bertz CT molecular complexity index is 726. The minimum absolute atomic E-state index is 0.00446. The van der Waals surface area contributed by atoms with Crippen molar-refractivity contribution in [2.45, 2.75) is 51.5 Å². The van der Waals surface area contributed by atoms with Crippen LogP contribution in [0.15, 0.2) is 23.1 Å². The SMILES string of the molecule is CC(C)CN(C(=O)c1cc(S(=O)(=O)N2CCCC2)ccc1Cl)C(C)C. The molecule has 1 aliphatic rings. The van der Waals surface area contributed by atoms with Crippen molar-refractivity contribution in [1.29, 1.82) is 0 Å². The first-order chi connectivity index (χ1) is 11.6. The maximum Gasteiger partial charge on any atom is 0.255 e. The number of rotatable bonds is 6. The van der Waals surface area contributed by atoms with E-state index >= 15 is 0 Å². The molecule has 0 atom stereocenters. The molecule has 0 unspecified atom stereocenters. The third kappa shape index (κ3) is 4.54. The topological polar surface area (TPSA) is 57.7 Å². The number of nitrogens with zero attached hydrogens (tertiary/aromatic N) is 2. The van der Waals surface area contributed by atoms with Crippen LogP contribution >= 0.6 is 11.6 Å². The fraction of sp³-hybridized carbons (Fsp3) is 0.611. The second kappa shape index (κ2) is 8.06. The molecule has 0 bridgehead atoms. The summed E-state index contributed by atoms with van der Waals surface area (Å²) in [6.07, 6.45) is 1.74. The lowest BCUT2D eigenvalue weighted by atomic mass is 10.1. The summed E-state index contributed by atoms with van der Waals surface area (Å²) in [5.74, 6) is 0.0776. The number of amides is 1. The molecule has 0 aliphatic carbocycles. The van der Waals surface area contributed by atoms with E-state index in [1.165, 1.54) is 22.5 Å². The van der Waals surface area contributed by atoms with Crippen molar-refractivity contribution in [2.24, 2.45) is 5.92 Å². The molecule has 0 N–H and O–H groups in total. The van der Waals surface area contributed by atoms with Crippen LogP contribution < -0.4 is 0 Å². The summed E-state index contributed by atoms with van der Waals surface area (Å²) in [7, 11) is -3.58. The molecule has 1 aromatic carbocycles. The Morgan fingerprint density at radius 2 is 1.80 bits per heavy atom. The van der Waals surface area contributed by atoms with Gasteiger partial charge < -0.3 is 4.90 Å². The monoisotopic (exact) mass is 386 g/mol. The van der Waals surface area contributed by atoms with Gasteiger partial charge in [0.2, 0.25) is 10.0 Å². The number of hydrogen-bond acceptors (Lipinski definition) is 3. The molecule has 1 amide bonds. The number of hydrogen-bond donors (Lipinski definition) is 0. The largest absolute Gasteiger partial charge is 0.336 e. The first kappa shape index (κ1) is 20.2. The van der Waals surface area contributed by atoms with Crippen LogP contribution in [0.2, 0.25) is 5.02 Å². The van der Waals surface area contributed by atoms with Crippen LogP contribution in [0, 0.1) is 5.92 Å². The van der Waals surface area contributed by atoms with E-state index in [1.807, 2.05) is 27.7 Å². The van der Waals surface area contributed by atoms with E-state index in [4.69, 9.17) is 11.6 Å². The maximum atomic E-state index is 13.0. The predicted molar refractivity (Wildman–Crippen MR) is 100 cm³/mol. The second-order valence-electron chi connectivity index (χ2n) is 7.20. The van der Waals surface area contributed by atoms with Crippen LogP contribution in [0.4, 0.5) is 0 Å². The van der Waals surface area contributed by atoms with Gasteiger partial charge in [-0.05, 0) is 50.8 Å². The van der Waals surface area contributed by atoms with Crippen molar-refractivity contribution >= 4 is 27.5 Å². The van der Waals surface area contributed by atoms with Crippen molar-refractivity contribution in [2.75, 3.05) is 19.6 Å². The summed E-state index contributed by atoms with van der Waals surface area (Å²) < 4.78 is 27.0. The molecule has 1 aliphatic heterocycles. The maximum absolute atomic E-state index is 13.0. The molecule has 5 nitrogen and oxygen atoms in total. The summed E-state index contributed by atoms with van der Waals surface area (Å²) in [6.45, 7) is 9.62. The Labute approximate surface area is 156 Å². The summed E-state index contributed by atoms with van der Waals surface area (Å²) in [4.78, 5) is 14.8.